The molecule has 1 amide bonds. The normalized spacial score (nSPS) is 24.8. The lowest BCUT2D eigenvalue weighted by atomic mass is 10.1. The van der Waals surface area contributed by atoms with Gasteiger partial charge in [0.05, 0.1) is 4.90 Å². The van der Waals surface area contributed by atoms with Crippen LogP contribution >= 0.6 is 0 Å². The number of amides is 1. The lowest BCUT2D eigenvalue weighted by molar-refractivity contribution is -0.134. The molecule has 0 aliphatic carbocycles. The number of aryl methyl sites for hydroxylation is 3. The van der Waals surface area contributed by atoms with Crippen LogP contribution in [-0.4, -0.2) is 61.8 Å². The quantitative estimate of drug-likeness (QED) is 0.807. The highest BCUT2D eigenvalue weighted by atomic mass is 32.2. The van der Waals surface area contributed by atoms with Crippen molar-refractivity contribution >= 4 is 15.9 Å². The number of carbonyl (C=O) groups is 1. The number of carbonyl (C=O) groups excluding carboxylic acids is 1. The van der Waals surface area contributed by atoms with Crippen molar-refractivity contribution in [3.05, 3.63) is 28.8 Å². The molecule has 26 heavy (non-hydrogen) atoms. The first-order chi connectivity index (χ1) is 12.2. The van der Waals surface area contributed by atoms with Gasteiger partial charge in [0, 0.05) is 32.2 Å². The van der Waals surface area contributed by atoms with E-state index in [-0.39, 0.29) is 18.0 Å². The van der Waals surface area contributed by atoms with Crippen LogP contribution in [0, 0.1) is 20.8 Å². The predicted molar refractivity (Wildman–Crippen MR) is 100 cm³/mol. The van der Waals surface area contributed by atoms with E-state index in [1.165, 1.54) is 4.31 Å². The van der Waals surface area contributed by atoms with Crippen molar-refractivity contribution in [2.24, 2.45) is 0 Å². The van der Waals surface area contributed by atoms with Gasteiger partial charge in [-0.1, -0.05) is 17.7 Å². The molecule has 0 radical (unpaired) electrons. The summed E-state index contributed by atoms with van der Waals surface area (Å²) in [5, 5.41) is 0. The fourth-order valence-electron chi connectivity index (χ4n) is 3.95. The second kappa shape index (κ2) is 7.26. The van der Waals surface area contributed by atoms with Gasteiger partial charge in [0.25, 0.3) is 0 Å². The van der Waals surface area contributed by atoms with E-state index in [0.29, 0.717) is 31.1 Å². The van der Waals surface area contributed by atoms with Crippen molar-refractivity contribution < 1.29 is 13.2 Å². The molecular formula is C18H28N4O3S. The Labute approximate surface area is 155 Å². The summed E-state index contributed by atoms with van der Waals surface area (Å²) >= 11 is 0. The average Bonchev–Trinajstić information content (AvgIpc) is 2.99. The van der Waals surface area contributed by atoms with Gasteiger partial charge in [-0.25, -0.2) is 13.8 Å². The third kappa shape index (κ3) is 3.64. The number of piperazine rings is 1. The largest absolute Gasteiger partial charge is 0.339 e. The number of nitrogens with one attached hydrogen (secondary N) is 2. The highest BCUT2D eigenvalue weighted by molar-refractivity contribution is 7.89. The summed E-state index contributed by atoms with van der Waals surface area (Å²) in [6.07, 6.45) is 0.749. The van der Waals surface area contributed by atoms with E-state index in [1.807, 2.05) is 39.8 Å². The number of sulfonamides is 1. The Balaban J connectivity index is 1.70. The van der Waals surface area contributed by atoms with Crippen molar-refractivity contribution in [3.63, 3.8) is 0 Å². The number of benzene rings is 1. The summed E-state index contributed by atoms with van der Waals surface area (Å²) in [6.45, 7) is 9.18. The molecule has 2 saturated heterocycles. The number of hydrazine groups is 1. The van der Waals surface area contributed by atoms with Gasteiger partial charge >= 0.3 is 0 Å². The molecule has 2 aliphatic rings. The molecule has 8 heteroatoms. The fourth-order valence-corrected chi connectivity index (χ4v) is 5.78. The van der Waals surface area contributed by atoms with Gasteiger partial charge in [-0.05, 0) is 45.2 Å². The molecule has 2 atom stereocenters. The molecule has 0 aromatic heterocycles. The molecular weight excluding hydrogens is 352 g/mol. The smallest absolute Gasteiger partial charge is 0.243 e. The molecule has 2 aliphatic heterocycles. The van der Waals surface area contributed by atoms with Crippen LogP contribution in [0.4, 0.5) is 0 Å². The molecule has 3 rings (SSSR count). The van der Waals surface area contributed by atoms with Crippen LogP contribution in [0.2, 0.25) is 0 Å². The molecule has 2 fully saturated rings. The highest BCUT2D eigenvalue weighted by Crippen LogP contribution is 2.26. The van der Waals surface area contributed by atoms with Crippen molar-refractivity contribution in [3.8, 4) is 0 Å². The molecule has 1 aromatic rings. The minimum Gasteiger partial charge on any atom is -0.339 e. The van der Waals surface area contributed by atoms with Crippen LogP contribution in [0.1, 0.15) is 30.0 Å². The molecule has 2 heterocycles. The minimum absolute atomic E-state index is 0.0431. The number of nitrogens with zero attached hydrogens (tertiary/aromatic N) is 2. The fraction of sp³-hybridized carbons (Fsp3) is 0.611. The summed E-state index contributed by atoms with van der Waals surface area (Å²) in [7, 11) is -3.55. The van der Waals surface area contributed by atoms with Crippen molar-refractivity contribution in [1.29, 1.82) is 0 Å². The van der Waals surface area contributed by atoms with Gasteiger partial charge in [0.15, 0.2) is 0 Å². The Morgan fingerprint density at radius 1 is 1.04 bits per heavy atom. The van der Waals surface area contributed by atoms with Crippen molar-refractivity contribution in [2.45, 2.75) is 51.1 Å². The van der Waals surface area contributed by atoms with E-state index in [9.17, 15) is 13.2 Å². The Bertz CT molecular complexity index is 778. The lowest BCUT2D eigenvalue weighted by Crippen LogP contribution is -2.54. The number of hydrogen-bond acceptors (Lipinski definition) is 5. The maximum atomic E-state index is 13.1. The van der Waals surface area contributed by atoms with Gasteiger partial charge in [-0.3, -0.25) is 10.2 Å². The van der Waals surface area contributed by atoms with Gasteiger partial charge in [0.1, 0.15) is 6.04 Å². The van der Waals surface area contributed by atoms with Crippen molar-refractivity contribution in [1.82, 2.24) is 20.1 Å². The average molecular weight is 381 g/mol. The molecule has 1 aromatic carbocycles. The summed E-state index contributed by atoms with van der Waals surface area (Å²) in [5.41, 5.74) is 8.68. The van der Waals surface area contributed by atoms with Crippen molar-refractivity contribution in [2.75, 3.05) is 26.2 Å². The van der Waals surface area contributed by atoms with Crippen LogP contribution in [0.3, 0.4) is 0 Å². The van der Waals surface area contributed by atoms with Crippen LogP contribution in [0.25, 0.3) is 0 Å². The van der Waals surface area contributed by atoms with E-state index in [0.717, 1.165) is 23.1 Å². The monoisotopic (exact) mass is 380 g/mol. The molecule has 0 spiro atoms. The second-order valence-corrected chi connectivity index (χ2v) is 9.31. The van der Waals surface area contributed by atoms with Crippen LogP contribution < -0.4 is 10.9 Å². The molecule has 0 saturated carbocycles. The molecule has 0 bridgehead atoms. The van der Waals surface area contributed by atoms with Gasteiger partial charge in [-0.2, -0.15) is 4.31 Å². The third-order valence-corrected chi connectivity index (χ3v) is 7.35. The van der Waals surface area contributed by atoms with E-state index in [4.69, 9.17) is 0 Å². The first-order valence-electron chi connectivity index (χ1n) is 9.08. The topological polar surface area (TPSA) is 81.8 Å². The second-order valence-electron chi connectivity index (χ2n) is 7.44. The van der Waals surface area contributed by atoms with Crippen LogP contribution in [0.15, 0.2) is 17.0 Å². The zero-order valence-corrected chi connectivity index (χ0v) is 16.7. The Morgan fingerprint density at radius 2 is 1.62 bits per heavy atom. The first-order valence-corrected chi connectivity index (χ1v) is 10.5. The van der Waals surface area contributed by atoms with Gasteiger partial charge < -0.3 is 4.90 Å². The molecule has 2 N–H and O–H groups in total. The summed E-state index contributed by atoms with van der Waals surface area (Å²) in [4.78, 5) is 14.7. The summed E-state index contributed by atoms with van der Waals surface area (Å²) < 4.78 is 27.7. The Kier molecular flexibility index (Phi) is 5.39. The predicted octanol–water partition coefficient (Wildman–Crippen LogP) is 0.700. The third-order valence-electron chi connectivity index (χ3n) is 5.14. The van der Waals surface area contributed by atoms with Crippen LogP contribution in [-0.2, 0) is 14.8 Å². The zero-order valence-electron chi connectivity index (χ0n) is 15.9. The molecule has 144 valence electrons. The zero-order chi connectivity index (χ0) is 19.1. The van der Waals surface area contributed by atoms with E-state index in [1.54, 1.807) is 4.90 Å². The van der Waals surface area contributed by atoms with Gasteiger partial charge in [0.2, 0.25) is 15.9 Å². The SMILES string of the molecule is Cc1cc(C)c(S(=O)(=O)N2CCN(C(=O)C3CC(C)NN3)CC2)c(C)c1. The van der Waals surface area contributed by atoms with Crippen LogP contribution in [0.5, 0.6) is 0 Å². The maximum absolute atomic E-state index is 13.1. The standard InChI is InChI=1S/C18H28N4O3S/c1-12-9-13(2)17(14(3)10-12)26(24,25)22-7-5-21(6-8-22)18(23)16-11-15(4)19-20-16/h9-10,15-16,19-20H,5-8,11H2,1-4H3. The van der Waals surface area contributed by atoms with E-state index < -0.39 is 10.0 Å². The lowest BCUT2D eigenvalue weighted by Gasteiger charge is -2.35. The summed E-state index contributed by atoms with van der Waals surface area (Å²) in [5.74, 6) is 0.0431. The highest BCUT2D eigenvalue weighted by Gasteiger charge is 2.35. The Hall–Kier alpha value is -1.48. The molecule has 7 nitrogen and oxygen atoms in total. The van der Waals surface area contributed by atoms with Gasteiger partial charge in [-0.15, -0.1) is 0 Å². The maximum Gasteiger partial charge on any atom is 0.243 e. The molecule has 2 unspecified atom stereocenters. The minimum atomic E-state index is -3.55. The van der Waals surface area contributed by atoms with E-state index in [2.05, 4.69) is 10.9 Å². The summed E-state index contributed by atoms with van der Waals surface area (Å²) in [6, 6.07) is 3.84. The first kappa shape index (κ1) is 19.3. The number of hydrogen-bond donors (Lipinski definition) is 2. The number of rotatable bonds is 3. The Morgan fingerprint density at radius 3 is 2.12 bits per heavy atom. The van der Waals surface area contributed by atoms with E-state index >= 15 is 0 Å².